The molecule has 0 aliphatic carbocycles. The second-order valence-corrected chi connectivity index (χ2v) is 5.04. The van der Waals surface area contributed by atoms with Gasteiger partial charge in [0.2, 0.25) is 0 Å². The van der Waals surface area contributed by atoms with E-state index < -0.39 is 0 Å². The molecule has 2 aromatic heterocycles. The summed E-state index contributed by atoms with van der Waals surface area (Å²) in [5.74, 6) is 1.54. The van der Waals surface area contributed by atoms with Gasteiger partial charge in [-0.3, -0.25) is 0 Å². The van der Waals surface area contributed by atoms with Crippen molar-refractivity contribution in [3.8, 4) is 17.1 Å². The second kappa shape index (κ2) is 5.14. The molecule has 1 aliphatic heterocycles. The molecule has 3 heterocycles. The zero-order valence-corrected chi connectivity index (χ0v) is 11.3. The molecule has 1 aliphatic rings. The fraction of sp³-hybridized carbons (Fsp3) is 0.267. The SMILES string of the molecule is c1cn(-c2ccc(-c3nc([C@H]4CCOC4)no3)cc2)cn1. The quantitative estimate of drug-likeness (QED) is 0.738. The molecule has 6 heteroatoms. The summed E-state index contributed by atoms with van der Waals surface area (Å²) in [6.45, 7) is 1.45. The molecule has 1 fully saturated rings. The van der Waals surface area contributed by atoms with Crippen LogP contribution in [0.1, 0.15) is 18.2 Å². The van der Waals surface area contributed by atoms with Gasteiger partial charge in [0.1, 0.15) is 0 Å². The molecule has 0 N–H and O–H groups in total. The summed E-state index contributed by atoms with van der Waals surface area (Å²) in [5, 5.41) is 4.07. The fourth-order valence-corrected chi connectivity index (χ4v) is 2.44. The third-order valence-electron chi connectivity index (χ3n) is 3.65. The van der Waals surface area contributed by atoms with Crippen LogP contribution in [0.3, 0.4) is 0 Å². The van der Waals surface area contributed by atoms with Gasteiger partial charge >= 0.3 is 0 Å². The number of nitrogens with zero attached hydrogens (tertiary/aromatic N) is 4. The zero-order chi connectivity index (χ0) is 14.1. The lowest BCUT2D eigenvalue weighted by Crippen LogP contribution is -1.99. The van der Waals surface area contributed by atoms with Gasteiger partial charge in [0, 0.05) is 36.2 Å². The summed E-state index contributed by atoms with van der Waals surface area (Å²) in [5.41, 5.74) is 1.96. The van der Waals surface area contributed by atoms with Crippen LogP contribution in [0.15, 0.2) is 47.5 Å². The molecule has 1 atom stereocenters. The highest BCUT2D eigenvalue weighted by molar-refractivity contribution is 5.55. The van der Waals surface area contributed by atoms with E-state index >= 15 is 0 Å². The molecule has 0 amide bonds. The Kier molecular flexibility index (Phi) is 3.01. The van der Waals surface area contributed by atoms with Gasteiger partial charge in [-0.2, -0.15) is 4.98 Å². The third kappa shape index (κ3) is 2.34. The van der Waals surface area contributed by atoms with Gasteiger partial charge in [0.15, 0.2) is 5.82 Å². The molecule has 1 aromatic carbocycles. The first-order valence-corrected chi connectivity index (χ1v) is 6.90. The van der Waals surface area contributed by atoms with E-state index in [2.05, 4.69) is 15.1 Å². The van der Waals surface area contributed by atoms with E-state index in [9.17, 15) is 0 Å². The maximum Gasteiger partial charge on any atom is 0.257 e. The van der Waals surface area contributed by atoms with Crippen molar-refractivity contribution in [2.24, 2.45) is 0 Å². The predicted molar refractivity (Wildman–Crippen MR) is 75.0 cm³/mol. The van der Waals surface area contributed by atoms with E-state index in [0.717, 1.165) is 30.1 Å². The number of benzene rings is 1. The van der Waals surface area contributed by atoms with Crippen LogP contribution in [0.2, 0.25) is 0 Å². The molecule has 6 nitrogen and oxygen atoms in total. The Hall–Kier alpha value is -2.47. The van der Waals surface area contributed by atoms with Crippen molar-refractivity contribution >= 4 is 0 Å². The van der Waals surface area contributed by atoms with E-state index in [1.807, 2.05) is 35.0 Å². The number of ether oxygens (including phenoxy) is 1. The Morgan fingerprint density at radius 3 is 2.81 bits per heavy atom. The van der Waals surface area contributed by atoms with Crippen molar-refractivity contribution in [3.05, 3.63) is 48.8 Å². The van der Waals surface area contributed by atoms with E-state index in [4.69, 9.17) is 9.26 Å². The van der Waals surface area contributed by atoms with E-state index in [1.54, 1.807) is 12.5 Å². The van der Waals surface area contributed by atoms with Crippen LogP contribution in [-0.2, 0) is 4.74 Å². The minimum absolute atomic E-state index is 0.257. The van der Waals surface area contributed by atoms with E-state index in [0.29, 0.717) is 12.5 Å². The van der Waals surface area contributed by atoms with Crippen molar-refractivity contribution in [2.75, 3.05) is 13.2 Å². The largest absolute Gasteiger partial charge is 0.381 e. The summed E-state index contributed by atoms with van der Waals surface area (Å²) in [6, 6.07) is 7.94. The van der Waals surface area contributed by atoms with E-state index in [-0.39, 0.29) is 5.92 Å². The lowest BCUT2D eigenvalue weighted by molar-refractivity contribution is 0.192. The molecule has 0 bridgehead atoms. The smallest absolute Gasteiger partial charge is 0.257 e. The Morgan fingerprint density at radius 1 is 1.19 bits per heavy atom. The molecule has 0 spiro atoms. The standard InChI is InChI=1S/C15H14N4O2/c1-3-13(19-7-6-16-10-19)4-2-11(1)15-17-14(18-21-15)12-5-8-20-9-12/h1-4,6-7,10,12H,5,8-9H2/t12-/m0/s1. The molecular weight excluding hydrogens is 268 g/mol. The average Bonchev–Trinajstić information content (AvgIpc) is 3.27. The van der Waals surface area contributed by atoms with Crippen LogP contribution in [0.5, 0.6) is 0 Å². The molecule has 106 valence electrons. The lowest BCUT2D eigenvalue weighted by atomic mass is 10.1. The first kappa shape index (κ1) is 12.3. The second-order valence-electron chi connectivity index (χ2n) is 5.04. The van der Waals surface area contributed by atoms with Crippen LogP contribution in [0, 0.1) is 0 Å². The number of aromatic nitrogens is 4. The van der Waals surface area contributed by atoms with Gasteiger partial charge in [-0.1, -0.05) is 5.16 Å². The third-order valence-corrected chi connectivity index (χ3v) is 3.65. The summed E-state index contributed by atoms with van der Waals surface area (Å²) in [4.78, 5) is 8.51. The topological polar surface area (TPSA) is 66.0 Å². The normalized spacial score (nSPS) is 18.2. The van der Waals surface area contributed by atoms with Crippen LogP contribution < -0.4 is 0 Å². The molecule has 21 heavy (non-hydrogen) atoms. The van der Waals surface area contributed by atoms with Crippen molar-refractivity contribution in [2.45, 2.75) is 12.3 Å². The first-order chi connectivity index (χ1) is 10.4. The summed E-state index contributed by atoms with van der Waals surface area (Å²) >= 11 is 0. The molecule has 0 saturated carbocycles. The predicted octanol–water partition coefficient (Wildman–Crippen LogP) is 2.43. The monoisotopic (exact) mass is 282 g/mol. The van der Waals surface area contributed by atoms with Crippen molar-refractivity contribution in [3.63, 3.8) is 0 Å². The average molecular weight is 282 g/mol. The molecule has 4 rings (SSSR count). The van der Waals surface area contributed by atoms with Gasteiger partial charge in [0.25, 0.3) is 5.89 Å². The van der Waals surface area contributed by atoms with Crippen molar-refractivity contribution < 1.29 is 9.26 Å². The van der Waals surface area contributed by atoms with Gasteiger partial charge < -0.3 is 13.8 Å². The van der Waals surface area contributed by atoms with Gasteiger partial charge in [-0.05, 0) is 30.7 Å². The first-order valence-electron chi connectivity index (χ1n) is 6.90. The van der Waals surface area contributed by atoms with Gasteiger partial charge in [0.05, 0.1) is 12.9 Å². The van der Waals surface area contributed by atoms with Gasteiger partial charge in [-0.25, -0.2) is 4.98 Å². The van der Waals surface area contributed by atoms with Crippen LogP contribution >= 0.6 is 0 Å². The molecule has 3 aromatic rings. The van der Waals surface area contributed by atoms with Gasteiger partial charge in [-0.15, -0.1) is 0 Å². The van der Waals surface area contributed by atoms with Crippen LogP contribution in [0.25, 0.3) is 17.1 Å². The number of hydrogen-bond acceptors (Lipinski definition) is 5. The Bertz CT molecular complexity index is 712. The highest BCUT2D eigenvalue weighted by Crippen LogP contribution is 2.26. The summed E-state index contributed by atoms with van der Waals surface area (Å²) in [7, 11) is 0. The summed E-state index contributed by atoms with van der Waals surface area (Å²) < 4.78 is 12.7. The lowest BCUT2D eigenvalue weighted by Gasteiger charge is -2.02. The van der Waals surface area contributed by atoms with Crippen molar-refractivity contribution in [1.29, 1.82) is 0 Å². The molecule has 0 radical (unpaired) electrons. The fourth-order valence-electron chi connectivity index (χ4n) is 2.44. The van der Waals surface area contributed by atoms with Crippen LogP contribution in [-0.4, -0.2) is 32.9 Å². The molecule has 1 saturated heterocycles. The molecule has 0 unspecified atom stereocenters. The Labute approximate surface area is 121 Å². The minimum Gasteiger partial charge on any atom is -0.381 e. The summed E-state index contributed by atoms with van der Waals surface area (Å²) in [6.07, 6.45) is 6.38. The number of hydrogen-bond donors (Lipinski definition) is 0. The number of rotatable bonds is 3. The van der Waals surface area contributed by atoms with E-state index in [1.165, 1.54) is 0 Å². The Morgan fingerprint density at radius 2 is 2.10 bits per heavy atom. The highest BCUT2D eigenvalue weighted by atomic mass is 16.5. The maximum absolute atomic E-state index is 5.36. The highest BCUT2D eigenvalue weighted by Gasteiger charge is 2.23. The van der Waals surface area contributed by atoms with Crippen molar-refractivity contribution in [1.82, 2.24) is 19.7 Å². The van der Waals surface area contributed by atoms with Crippen LogP contribution in [0.4, 0.5) is 0 Å². The molecular formula is C15H14N4O2. The number of imidazole rings is 1. The Balaban J connectivity index is 1.58. The minimum atomic E-state index is 0.257. The zero-order valence-electron chi connectivity index (χ0n) is 11.3. The maximum atomic E-state index is 5.36.